The fourth-order valence-corrected chi connectivity index (χ4v) is 4.48. The minimum Gasteiger partial charge on any atom is -0.481 e. The molecule has 2 aliphatic rings. The summed E-state index contributed by atoms with van der Waals surface area (Å²) in [7, 11) is 0. The van der Waals surface area contributed by atoms with Crippen molar-refractivity contribution in [3.05, 3.63) is 46.0 Å². The quantitative estimate of drug-likeness (QED) is 0.915. The van der Waals surface area contributed by atoms with Crippen LogP contribution in [-0.2, 0) is 24.1 Å². The molecule has 1 heterocycles. The third-order valence-corrected chi connectivity index (χ3v) is 5.46. The van der Waals surface area contributed by atoms with E-state index in [-0.39, 0.29) is 0 Å². The highest BCUT2D eigenvalue weighted by Crippen LogP contribution is 2.39. The molecular weight excluding hydrogens is 284 g/mol. The highest BCUT2D eigenvalue weighted by molar-refractivity contribution is 7.15. The van der Waals surface area contributed by atoms with Gasteiger partial charge < -0.3 is 10.4 Å². The molecule has 108 valence electrons. The predicted molar refractivity (Wildman–Crippen MR) is 82.1 cm³/mol. The molecule has 0 saturated carbocycles. The van der Waals surface area contributed by atoms with Crippen molar-refractivity contribution in [2.45, 2.75) is 37.6 Å². The summed E-state index contributed by atoms with van der Waals surface area (Å²) in [4.78, 5) is 16.9. The fraction of sp³-hybridized carbons (Fsp3) is 0.375. The van der Waals surface area contributed by atoms with Crippen LogP contribution in [0.15, 0.2) is 24.3 Å². The van der Waals surface area contributed by atoms with Crippen LogP contribution in [0.1, 0.15) is 34.0 Å². The summed E-state index contributed by atoms with van der Waals surface area (Å²) in [6, 6.07) is 8.89. The number of rotatable bonds is 3. The molecule has 0 bridgehead atoms. The van der Waals surface area contributed by atoms with E-state index in [4.69, 9.17) is 0 Å². The molecule has 4 nitrogen and oxygen atoms in total. The van der Waals surface area contributed by atoms with E-state index >= 15 is 0 Å². The van der Waals surface area contributed by atoms with Crippen molar-refractivity contribution >= 4 is 22.4 Å². The summed E-state index contributed by atoms with van der Waals surface area (Å²) < 4.78 is 0. The fourth-order valence-electron chi connectivity index (χ4n) is 3.36. The van der Waals surface area contributed by atoms with Crippen LogP contribution in [-0.4, -0.2) is 22.1 Å². The molecule has 4 rings (SSSR count). The lowest BCUT2D eigenvalue weighted by molar-refractivity contribution is -0.138. The van der Waals surface area contributed by atoms with Gasteiger partial charge in [0.2, 0.25) is 0 Å². The summed E-state index contributed by atoms with van der Waals surface area (Å²) in [6.45, 7) is 0. The first-order chi connectivity index (χ1) is 10.2. The molecule has 1 atom stereocenters. The number of carbonyl (C=O) groups is 1. The van der Waals surface area contributed by atoms with Crippen molar-refractivity contribution in [2.75, 3.05) is 5.32 Å². The molecule has 5 heteroatoms. The lowest BCUT2D eigenvalue weighted by Crippen LogP contribution is -2.19. The van der Waals surface area contributed by atoms with Gasteiger partial charge in [-0.05, 0) is 36.8 Å². The van der Waals surface area contributed by atoms with Gasteiger partial charge in [-0.3, -0.25) is 4.79 Å². The van der Waals surface area contributed by atoms with Gasteiger partial charge in [-0.1, -0.05) is 24.3 Å². The van der Waals surface area contributed by atoms with E-state index in [9.17, 15) is 9.90 Å². The van der Waals surface area contributed by atoms with Gasteiger partial charge in [0.15, 0.2) is 5.13 Å². The lowest BCUT2D eigenvalue weighted by atomic mass is 10.1. The summed E-state index contributed by atoms with van der Waals surface area (Å²) in [6.07, 6.45) is 3.57. The monoisotopic (exact) mass is 300 g/mol. The average molecular weight is 300 g/mol. The van der Waals surface area contributed by atoms with Gasteiger partial charge in [0.1, 0.15) is 5.92 Å². The van der Waals surface area contributed by atoms with Crippen LogP contribution in [0.2, 0.25) is 0 Å². The van der Waals surface area contributed by atoms with Gasteiger partial charge in [0, 0.05) is 10.9 Å². The third-order valence-electron chi connectivity index (χ3n) is 4.39. The zero-order valence-corrected chi connectivity index (χ0v) is 12.3. The first-order valence-corrected chi connectivity index (χ1v) is 8.08. The maximum absolute atomic E-state index is 11.2. The Bertz CT molecular complexity index is 685. The van der Waals surface area contributed by atoms with Crippen LogP contribution in [0.3, 0.4) is 0 Å². The molecule has 0 saturated heterocycles. The molecule has 1 aromatic heterocycles. The van der Waals surface area contributed by atoms with E-state index in [1.807, 2.05) is 0 Å². The first-order valence-electron chi connectivity index (χ1n) is 7.26. The topological polar surface area (TPSA) is 62.2 Å². The molecule has 0 amide bonds. The number of benzene rings is 1. The Morgan fingerprint density at radius 2 is 2.00 bits per heavy atom. The second-order valence-corrected chi connectivity index (χ2v) is 6.86. The van der Waals surface area contributed by atoms with Crippen LogP contribution in [0.4, 0.5) is 5.13 Å². The summed E-state index contributed by atoms with van der Waals surface area (Å²) in [5, 5.41) is 13.6. The Labute approximate surface area is 126 Å². The molecule has 0 spiro atoms. The van der Waals surface area contributed by atoms with Crippen molar-refractivity contribution in [1.29, 1.82) is 0 Å². The minimum absolute atomic E-state index is 0.372. The van der Waals surface area contributed by atoms with Gasteiger partial charge in [0.25, 0.3) is 0 Å². The normalized spacial score (nSPS) is 20.3. The number of carboxylic acid groups (broad SMARTS) is 1. The van der Waals surface area contributed by atoms with Crippen LogP contribution in [0.5, 0.6) is 0 Å². The minimum atomic E-state index is -0.751. The van der Waals surface area contributed by atoms with Crippen molar-refractivity contribution in [2.24, 2.45) is 0 Å². The maximum Gasteiger partial charge on any atom is 0.312 e. The number of hydrogen-bond donors (Lipinski definition) is 2. The van der Waals surface area contributed by atoms with Crippen molar-refractivity contribution in [1.82, 2.24) is 4.98 Å². The van der Waals surface area contributed by atoms with E-state index in [0.29, 0.717) is 12.5 Å². The highest BCUT2D eigenvalue weighted by atomic mass is 32.1. The third kappa shape index (κ3) is 2.21. The van der Waals surface area contributed by atoms with Gasteiger partial charge >= 0.3 is 5.97 Å². The Morgan fingerprint density at radius 3 is 2.67 bits per heavy atom. The largest absolute Gasteiger partial charge is 0.481 e. The molecule has 0 aliphatic heterocycles. The van der Waals surface area contributed by atoms with Crippen LogP contribution < -0.4 is 5.32 Å². The van der Waals surface area contributed by atoms with Gasteiger partial charge in [-0.15, -0.1) is 11.3 Å². The Morgan fingerprint density at radius 1 is 1.29 bits per heavy atom. The Hall–Kier alpha value is -1.88. The number of hydrogen-bond acceptors (Lipinski definition) is 4. The van der Waals surface area contributed by atoms with Crippen LogP contribution >= 0.6 is 11.3 Å². The van der Waals surface area contributed by atoms with Gasteiger partial charge in [-0.2, -0.15) is 0 Å². The number of nitrogens with zero attached hydrogens (tertiary/aromatic N) is 1. The molecule has 1 aromatic carbocycles. The van der Waals surface area contributed by atoms with Crippen molar-refractivity contribution in [3.63, 3.8) is 0 Å². The van der Waals surface area contributed by atoms with E-state index in [1.54, 1.807) is 11.3 Å². The van der Waals surface area contributed by atoms with E-state index in [1.165, 1.54) is 11.1 Å². The molecular formula is C16H16N2O2S. The Balaban J connectivity index is 1.50. The number of aliphatic carboxylic acids is 1. The SMILES string of the molecule is O=C(O)C1CCc2sc(NC3Cc4ccccc4C3)nc21. The maximum atomic E-state index is 11.2. The molecule has 1 unspecified atom stereocenters. The number of thiazole rings is 1. The number of aryl methyl sites for hydroxylation is 1. The molecule has 2 aromatic rings. The van der Waals surface area contributed by atoms with E-state index in [2.05, 4.69) is 34.6 Å². The number of nitrogens with one attached hydrogen (secondary N) is 1. The van der Waals surface area contributed by atoms with Gasteiger partial charge in [0.05, 0.1) is 5.69 Å². The van der Waals surface area contributed by atoms with E-state index in [0.717, 1.165) is 35.0 Å². The second-order valence-electron chi connectivity index (χ2n) is 5.78. The summed E-state index contributed by atoms with van der Waals surface area (Å²) in [5.74, 6) is -1.16. The number of aromatic nitrogens is 1. The van der Waals surface area contributed by atoms with Gasteiger partial charge in [-0.25, -0.2) is 4.98 Å². The average Bonchev–Trinajstić information content (AvgIpc) is 3.10. The number of anilines is 1. The van der Waals surface area contributed by atoms with Crippen LogP contribution in [0, 0.1) is 0 Å². The molecule has 0 fully saturated rings. The summed E-state index contributed by atoms with van der Waals surface area (Å²) >= 11 is 1.62. The highest BCUT2D eigenvalue weighted by Gasteiger charge is 2.33. The standard InChI is InChI=1S/C16H16N2O2S/c19-15(20)12-5-6-13-14(12)18-16(21-13)17-11-7-9-3-1-2-4-10(9)8-11/h1-4,11-12H,5-8H2,(H,17,18)(H,19,20). The van der Waals surface area contributed by atoms with Crippen molar-refractivity contribution in [3.8, 4) is 0 Å². The Kier molecular flexibility index (Phi) is 2.96. The molecule has 21 heavy (non-hydrogen) atoms. The first kappa shape index (κ1) is 12.8. The second kappa shape index (κ2) is 4.84. The van der Waals surface area contributed by atoms with Crippen molar-refractivity contribution < 1.29 is 9.90 Å². The molecule has 0 radical (unpaired) electrons. The van der Waals surface area contributed by atoms with E-state index < -0.39 is 11.9 Å². The smallest absolute Gasteiger partial charge is 0.312 e. The van der Waals surface area contributed by atoms with Crippen LogP contribution in [0.25, 0.3) is 0 Å². The predicted octanol–water partition coefficient (Wildman–Crippen LogP) is 2.84. The zero-order chi connectivity index (χ0) is 14.4. The number of fused-ring (bicyclic) bond motifs is 2. The number of carboxylic acids is 1. The lowest BCUT2D eigenvalue weighted by Gasteiger charge is -2.10. The zero-order valence-electron chi connectivity index (χ0n) is 11.5. The molecule has 2 aliphatic carbocycles. The summed E-state index contributed by atoms with van der Waals surface area (Å²) in [5.41, 5.74) is 3.59. The molecule has 2 N–H and O–H groups in total.